The van der Waals surface area contributed by atoms with Crippen molar-refractivity contribution < 1.29 is 9.47 Å². The van der Waals surface area contributed by atoms with Gasteiger partial charge in [-0.3, -0.25) is 0 Å². The molecule has 0 radical (unpaired) electrons. The molecule has 0 fully saturated rings. The van der Waals surface area contributed by atoms with Crippen LogP contribution in [0.3, 0.4) is 0 Å². The molecule has 100 valence electrons. The van der Waals surface area contributed by atoms with E-state index in [4.69, 9.17) is 9.47 Å². The van der Waals surface area contributed by atoms with E-state index in [1.807, 2.05) is 25.1 Å². The molecule has 19 heavy (non-hydrogen) atoms. The molecule has 0 atom stereocenters. The molecular weight excluding hydrogens is 242 g/mol. The standard InChI is InChI=1S/C14H17N3O2/c1-9-7-10(18-3)8-12(19-4)13(9)11-5-6-16-14(15-2)17-11/h5-8H,1-4H3,(H,15,16,17). The van der Waals surface area contributed by atoms with Crippen LogP contribution >= 0.6 is 0 Å². The van der Waals surface area contributed by atoms with Crippen LogP contribution in [0.25, 0.3) is 11.3 Å². The summed E-state index contributed by atoms with van der Waals surface area (Å²) in [6.45, 7) is 2.00. The number of aromatic nitrogens is 2. The molecule has 5 nitrogen and oxygen atoms in total. The van der Waals surface area contributed by atoms with Gasteiger partial charge in [0.25, 0.3) is 0 Å². The van der Waals surface area contributed by atoms with Crippen molar-refractivity contribution in [3.63, 3.8) is 0 Å². The van der Waals surface area contributed by atoms with Crippen LogP contribution in [0.5, 0.6) is 11.5 Å². The zero-order valence-electron chi connectivity index (χ0n) is 11.5. The largest absolute Gasteiger partial charge is 0.497 e. The maximum absolute atomic E-state index is 5.44. The molecule has 1 N–H and O–H groups in total. The van der Waals surface area contributed by atoms with E-state index in [2.05, 4.69) is 15.3 Å². The van der Waals surface area contributed by atoms with Gasteiger partial charge in [-0.15, -0.1) is 0 Å². The Hall–Kier alpha value is -2.30. The average molecular weight is 259 g/mol. The Bertz CT molecular complexity index is 585. The number of rotatable bonds is 4. The van der Waals surface area contributed by atoms with E-state index in [-0.39, 0.29) is 0 Å². The number of hydrogen-bond acceptors (Lipinski definition) is 5. The van der Waals surface area contributed by atoms with E-state index >= 15 is 0 Å². The zero-order valence-corrected chi connectivity index (χ0v) is 11.5. The highest BCUT2D eigenvalue weighted by Gasteiger charge is 2.13. The van der Waals surface area contributed by atoms with Crippen molar-refractivity contribution in [3.05, 3.63) is 30.0 Å². The summed E-state index contributed by atoms with van der Waals surface area (Å²) in [5.74, 6) is 2.08. The van der Waals surface area contributed by atoms with E-state index in [0.29, 0.717) is 5.95 Å². The van der Waals surface area contributed by atoms with E-state index in [9.17, 15) is 0 Å². The molecule has 0 spiro atoms. The summed E-state index contributed by atoms with van der Waals surface area (Å²) in [7, 11) is 5.06. The molecule has 1 aromatic heterocycles. The maximum Gasteiger partial charge on any atom is 0.222 e. The summed E-state index contributed by atoms with van der Waals surface area (Å²) < 4.78 is 10.7. The van der Waals surface area contributed by atoms with Gasteiger partial charge >= 0.3 is 0 Å². The monoisotopic (exact) mass is 259 g/mol. The topological polar surface area (TPSA) is 56.3 Å². The van der Waals surface area contributed by atoms with Crippen LogP contribution in [0.15, 0.2) is 24.4 Å². The Labute approximate surface area is 112 Å². The molecule has 1 heterocycles. The number of nitrogens with zero attached hydrogens (tertiary/aromatic N) is 2. The summed E-state index contributed by atoms with van der Waals surface area (Å²) in [6.07, 6.45) is 1.72. The van der Waals surface area contributed by atoms with Crippen LogP contribution < -0.4 is 14.8 Å². The second kappa shape index (κ2) is 5.56. The van der Waals surface area contributed by atoms with Gasteiger partial charge in [0.2, 0.25) is 5.95 Å². The fourth-order valence-corrected chi connectivity index (χ4v) is 1.95. The van der Waals surface area contributed by atoms with Gasteiger partial charge in [0.05, 0.1) is 19.9 Å². The van der Waals surface area contributed by atoms with E-state index < -0.39 is 0 Å². The molecule has 0 saturated heterocycles. The quantitative estimate of drug-likeness (QED) is 0.914. The van der Waals surface area contributed by atoms with Crippen molar-refractivity contribution in [1.82, 2.24) is 9.97 Å². The molecule has 1 aromatic carbocycles. The van der Waals surface area contributed by atoms with Crippen molar-refractivity contribution >= 4 is 5.95 Å². The van der Waals surface area contributed by atoms with Crippen LogP contribution in [0.2, 0.25) is 0 Å². The number of ether oxygens (including phenoxy) is 2. The van der Waals surface area contributed by atoms with Gasteiger partial charge in [0, 0.05) is 24.9 Å². The lowest BCUT2D eigenvalue weighted by Crippen LogP contribution is -1.99. The highest BCUT2D eigenvalue weighted by molar-refractivity contribution is 5.72. The molecule has 0 aliphatic heterocycles. The van der Waals surface area contributed by atoms with Gasteiger partial charge in [-0.2, -0.15) is 0 Å². The third-order valence-electron chi connectivity index (χ3n) is 2.86. The summed E-state index contributed by atoms with van der Waals surface area (Å²) >= 11 is 0. The molecule has 0 unspecified atom stereocenters. The Morgan fingerprint density at radius 3 is 2.58 bits per heavy atom. The number of aryl methyl sites for hydroxylation is 1. The fraction of sp³-hybridized carbons (Fsp3) is 0.286. The molecule has 0 aliphatic rings. The molecule has 0 saturated carbocycles. The Balaban J connectivity index is 2.60. The summed E-state index contributed by atoms with van der Waals surface area (Å²) in [5, 5.41) is 2.93. The number of anilines is 1. The highest BCUT2D eigenvalue weighted by Crippen LogP contribution is 2.35. The lowest BCUT2D eigenvalue weighted by atomic mass is 10.0. The van der Waals surface area contributed by atoms with Crippen molar-refractivity contribution in [2.24, 2.45) is 0 Å². The van der Waals surface area contributed by atoms with Gasteiger partial charge in [0.1, 0.15) is 11.5 Å². The minimum Gasteiger partial charge on any atom is -0.497 e. The first-order chi connectivity index (χ1) is 9.19. The third kappa shape index (κ3) is 2.59. The van der Waals surface area contributed by atoms with Crippen LogP contribution in [0.1, 0.15) is 5.56 Å². The van der Waals surface area contributed by atoms with Crippen molar-refractivity contribution in [1.29, 1.82) is 0 Å². The number of hydrogen-bond donors (Lipinski definition) is 1. The third-order valence-corrected chi connectivity index (χ3v) is 2.86. The van der Waals surface area contributed by atoms with Gasteiger partial charge < -0.3 is 14.8 Å². The first-order valence-corrected chi connectivity index (χ1v) is 5.93. The lowest BCUT2D eigenvalue weighted by molar-refractivity contribution is 0.395. The molecule has 0 aliphatic carbocycles. The molecule has 5 heteroatoms. The van der Waals surface area contributed by atoms with Gasteiger partial charge in [-0.25, -0.2) is 9.97 Å². The van der Waals surface area contributed by atoms with Crippen molar-refractivity contribution in [2.45, 2.75) is 6.92 Å². The summed E-state index contributed by atoms with van der Waals surface area (Å²) in [4.78, 5) is 8.56. The molecular formula is C14H17N3O2. The molecule has 0 amide bonds. The van der Waals surface area contributed by atoms with Crippen LogP contribution in [-0.2, 0) is 0 Å². The molecule has 0 bridgehead atoms. The van der Waals surface area contributed by atoms with Gasteiger partial charge in [-0.05, 0) is 24.6 Å². The summed E-state index contributed by atoms with van der Waals surface area (Å²) in [6, 6.07) is 5.67. The fourth-order valence-electron chi connectivity index (χ4n) is 1.95. The minimum atomic E-state index is 0.578. The second-order valence-corrected chi connectivity index (χ2v) is 4.04. The average Bonchev–Trinajstić information content (AvgIpc) is 2.46. The van der Waals surface area contributed by atoms with Crippen molar-refractivity contribution in [2.75, 3.05) is 26.6 Å². The van der Waals surface area contributed by atoms with E-state index in [1.54, 1.807) is 27.5 Å². The first kappa shape index (κ1) is 13.1. The number of benzene rings is 1. The zero-order chi connectivity index (χ0) is 13.8. The summed E-state index contributed by atoms with van der Waals surface area (Å²) in [5.41, 5.74) is 2.80. The number of nitrogens with one attached hydrogen (secondary N) is 1. The van der Waals surface area contributed by atoms with Crippen LogP contribution in [0.4, 0.5) is 5.95 Å². The SMILES string of the molecule is CNc1nccc(-c2c(C)cc(OC)cc2OC)n1. The Morgan fingerprint density at radius 1 is 1.16 bits per heavy atom. The predicted molar refractivity (Wildman–Crippen MR) is 74.9 cm³/mol. The van der Waals surface area contributed by atoms with Crippen LogP contribution in [0, 0.1) is 6.92 Å². The van der Waals surface area contributed by atoms with E-state index in [1.165, 1.54) is 0 Å². The molecule has 2 rings (SSSR count). The van der Waals surface area contributed by atoms with Crippen molar-refractivity contribution in [3.8, 4) is 22.8 Å². The van der Waals surface area contributed by atoms with Gasteiger partial charge in [0.15, 0.2) is 0 Å². The molecule has 2 aromatic rings. The first-order valence-electron chi connectivity index (χ1n) is 5.93. The minimum absolute atomic E-state index is 0.578. The number of methoxy groups -OCH3 is 2. The van der Waals surface area contributed by atoms with Gasteiger partial charge in [-0.1, -0.05) is 0 Å². The smallest absolute Gasteiger partial charge is 0.222 e. The second-order valence-electron chi connectivity index (χ2n) is 4.04. The normalized spacial score (nSPS) is 10.1. The Kier molecular flexibility index (Phi) is 3.85. The Morgan fingerprint density at radius 2 is 1.95 bits per heavy atom. The van der Waals surface area contributed by atoms with Crippen LogP contribution in [-0.4, -0.2) is 31.2 Å². The van der Waals surface area contributed by atoms with E-state index in [0.717, 1.165) is 28.3 Å². The predicted octanol–water partition coefficient (Wildman–Crippen LogP) is 2.51. The lowest BCUT2D eigenvalue weighted by Gasteiger charge is -2.13. The maximum atomic E-state index is 5.44. The highest BCUT2D eigenvalue weighted by atomic mass is 16.5.